The van der Waals surface area contributed by atoms with Crippen LogP contribution in [0.3, 0.4) is 0 Å². The van der Waals surface area contributed by atoms with E-state index in [1.165, 1.54) is 0 Å². The van der Waals surface area contributed by atoms with Gasteiger partial charge in [0.05, 0.1) is 23.4 Å². The predicted molar refractivity (Wildman–Crippen MR) is 108 cm³/mol. The molecule has 146 valence electrons. The summed E-state index contributed by atoms with van der Waals surface area (Å²) < 4.78 is 13.3. The van der Waals surface area contributed by atoms with Crippen LogP contribution in [0.5, 0.6) is 11.5 Å². The van der Waals surface area contributed by atoms with Gasteiger partial charge in [0.1, 0.15) is 13.2 Å². The number of aryl methyl sites for hydroxylation is 1. The van der Waals surface area contributed by atoms with Crippen LogP contribution < -0.4 is 14.8 Å². The summed E-state index contributed by atoms with van der Waals surface area (Å²) in [6.07, 6.45) is 2.19. The van der Waals surface area contributed by atoms with Crippen molar-refractivity contribution < 1.29 is 14.3 Å². The first-order valence-corrected chi connectivity index (χ1v) is 9.70. The van der Waals surface area contributed by atoms with Gasteiger partial charge in [-0.05, 0) is 35.7 Å². The highest BCUT2D eigenvalue weighted by Gasteiger charge is 2.21. The van der Waals surface area contributed by atoms with Crippen LogP contribution in [0.1, 0.15) is 31.9 Å². The van der Waals surface area contributed by atoms with Crippen molar-refractivity contribution in [1.29, 1.82) is 0 Å². The Morgan fingerprint density at radius 1 is 1.14 bits per heavy atom. The first-order chi connectivity index (χ1) is 13.6. The molecule has 0 bridgehead atoms. The van der Waals surface area contributed by atoms with Crippen LogP contribution in [0, 0.1) is 5.92 Å². The smallest absolute Gasteiger partial charge is 0.222 e. The molecule has 1 aromatic heterocycles. The number of imidazole rings is 1. The number of para-hydroxylation sites is 2. The van der Waals surface area contributed by atoms with Gasteiger partial charge in [-0.15, -0.1) is 0 Å². The quantitative estimate of drug-likeness (QED) is 0.709. The van der Waals surface area contributed by atoms with Crippen molar-refractivity contribution >= 4 is 16.9 Å². The largest absolute Gasteiger partial charge is 0.486 e. The molecular formula is C22H25N3O3. The van der Waals surface area contributed by atoms with Crippen molar-refractivity contribution in [2.45, 2.75) is 32.9 Å². The predicted octanol–water partition coefficient (Wildman–Crippen LogP) is 3.71. The molecule has 1 N–H and O–H groups in total. The van der Waals surface area contributed by atoms with Gasteiger partial charge in [0.2, 0.25) is 5.91 Å². The number of carbonyl (C=O) groups is 1. The van der Waals surface area contributed by atoms with E-state index in [0.717, 1.165) is 28.1 Å². The summed E-state index contributed by atoms with van der Waals surface area (Å²) >= 11 is 0. The first-order valence-electron chi connectivity index (χ1n) is 9.70. The van der Waals surface area contributed by atoms with Gasteiger partial charge in [0, 0.05) is 13.0 Å². The number of rotatable bonds is 6. The van der Waals surface area contributed by atoms with E-state index in [1.807, 2.05) is 47.0 Å². The molecule has 1 aliphatic rings. The number of nitrogens with one attached hydrogen (secondary N) is 1. The molecule has 6 heteroatoms. The minimum Gasteiger partial charge on any atom is -0.486 e. The summed E-state index contributed by atoms with van der Waals surface area (Å²) in [5, 5.41) is 3.18. The fourth-order valence-electron chi connectivity index (χ4n) is 3.54. The van der Waals surface area contributed by atoms with E-state index in [4.69, 9.17) is 9.47 Å². The molecule has 0 saturated carbocycles. The van der Waals surface area contributed by atoms with Crippen molar-refractivity contribution in [3.05, 3.63) is 54.4 Å². The minimum absolute atomic E-state index is 0.0198. The highest BCUT2D eigenvalue weighted by molar-refractivity contribution is 5.78. The lowest BCUT2D eigenvalue weighted by Crippen LogP contribution is -2.32. The van der Waals surface area contributed by atoms with Gasteiger partial charge >= 0.3 is 0 Å². The third kappa shape index (κ3) is 3.81. The molecule has 0 aliphatic carbocycles. The van der Waals surface area contributed by atoms with Crippen LogP contribution in [0.4, 0.5) is 0 Å². The van der Waals surface area contributed by atoms with E-state index >= 15 is 0 Å². The summed E-state index contributed by atoms with van der Waals surface area (Å²) in [6, 6.07) is 13.8. The summed E-state index contributed by atoms with van der Waals surface area (Å²) in [4.78, 5) is 17.0. The lowest BCUT2D eigenvalue weighted by molar-refractivity contribution is -0.122. The Hall–Kier alpha value is -3.02. The monoisotopic (exact) mass is 379 g/mol. The number of benzene rings is 2. The SMILES string of the molecule is CC(C)C(NC(=O)CCn1cnc2ccccc21)c1ccc2c(c1)OCCO2. The van der Waals surface area contributed by atoms with Gasteiger partial charge < -0.3 is 19.4 Å². The fraction of sp³-hybridized carbons (Fsp3) is 0.364. The maximum absolute atomic E-state index is 12.7. The molecule has 1 atom stereocenters. The number of carbonyl (C=O) groups excluding carboxylic acids is 1. The summed E-state index contributed by atoms with van der Waals surface area (Å²) in [7, 11) is 0. The van der Waals surface area contributed by atoms with E-state index in [9.17, 15) is 4.79 Å². The molecule has 28 heavy (non-hydrogen) atoms. The molecule has 0 saturated heterocycles. The number of ether oxygens (including phenoxy) is 2. The van der Waals surface area contributed by atoms with Gasteiger partial charge in [0.15, 0.2) is 11.5 Å². The van der Waals surface area contributed by atoms with Crippen LogP contribution in [-0.4, -0.2) is 28.7 Å². The molecule has 1 aliphatic heterocycles. The highest BCUT2D eigenvalue weighted by Crippen LogP contribution is 2.34. The van der Waals surface area contributed by atoms with Crippen molar-refractivity contribution in [3.8, 4) is 11.5 Å². The van der Waals surface area contributed by atoms with Crippen LogP contribution in [0.25, 0.3) is 11.0 Å². The van der Waals surface area contributed by atoms with E-state index < -0.39 is 0 Å². The number of hydrogen-bond donors (Lipinski definition) is 1. The molecule has 2 aromatic carbocycles. The lowest BCUT2D eigenvalue weighted by Gasteiger charge is -2.25. The van der Waals surface area contributed by atoms with Crippen LogP contribution in [0.2, 0.25) is 0 Å². The fourth-order valence-corrected chi connectivity index (χ4v) is 3.54. The molecule has 0 spiro atoms. The van der Waals surface area contributed by atoms with Crippen molar-refractivity contribution in [3.63, 3.8) is 0 Å². The van der Waals surface area contributed by atoms with Crippen molar-refractivity contribution in [2.24, 2.45) is 5.92 Å². The molecule has 1 amide bonds. The Balaban J connectivity index is 1.43. The lowest BCUT2D eigenvalue weighted by atomic mass is 9.95. The van der Waals surface area contributed by atoms with Crippen LogP contribution >= 0.6 is 0 Å². The van der Waals surface area contributed by atoms with E-state index in [1.54, 1.807) is 6.33 Å². The highest BCUT2D eigenvalue weighted by atomic mass is 16.6. The van der Waals surface area contributed by atoms with Gasteiger partial charge in [-0.2, -0.15) is 0 Å². The first kappa shape index (κ1) is 18.3. The van der Waals surface area contributed by atoms with Crippen LogP contribution in [-0.2, 0) is 11.3 Å². The standard InChI is InChI=1S/C22H25N3O3/c1-15(2)22(16-7-8-19-20(13-16)28-12-11-27-19)24-21(26)9-10-25-14-23-17-5-3-4-6-18(17)25/h3-8,13-15,22H,9-12H2,1-2H3,(H,24,26). The molecule has 0 radical (unpaired) electrons. The zero-order valence-electron chi connectivity index (χ0n) is 16.2. The van der Waals surface area contributed by atoms with Gasteiger partial charge in [-0.25, -0.2) is 4.98 Å². The molecule has 6 nitrogen and oxygen atoms in total. The number of fused-ring (bicyclic) bond motifs is 2. The molecule has 0 fully saturated rings. The van der Waals surface area contributed by atoms with E-state index in [0.29, 0.717) is 26.2 Å². The Bertz CT molecular complexity index is 980. The van der Waals surface area contributed by atoms with Gasteiger partial charge in [-0.1, -0.05) is 32.0 Å². The summed E-state index contributed by atoms with van der Waals surface area (Å²) in [5.74, 6) is 1.77. The average Bonchev–Trinajstić information content (AvgIpc) is 3.13. The van der Waals surface area contributed by atoms with Gasteiger partial charge in [-0.3, -0.25) is 4.79 Å². The van der Waals surface area contributed by atoms with Crippen molar-refractivity contribution in [1.82, 2.24) is 14.9 Å². The van der Waals surface area contributed by atoms with E-state index in [-0.39, 0.29) is 17.9 Å². The van der Waals surface area contributed by atoms with Gasteiger partial charge in [0.25, 0.3) is 0 Å². The second kappa shape index (κ2) is 7.92. The normalized spacial score (nSPS) is 14.2. The summed E-state index contributed by atoms with van der Waals surface area (Å²) in [6.45, 7) is 5.92. The zero-order chi connectivity index (χ0) is 19.5. The Kier molecular flexibility index (Phi) is 5.19. The Morgan fingerprint density at radius 3 is 2.75 bits per heavy atom. The second-order valence-corrected chi connectivity index (χ2v) is 7.37. The maximum atomic E-state index is 12.7. The topological polar surface area (TPSA) is 65.4 Å². The number of aromatic nitrogens is 2. The minimum atomic E-state index is -0.0807. The third-order valence-corrected chi connectivity index (χ3v) is 5.02. The third-order valence-electron chi connectivity index (χ3n) is 5.02. The average molecular weight is 379 g/mol. The van der Waals surface area contributed by atoms with E-state index in [2.05, 4.69) is 24.1 Å². The van der Waals surface area contributed by atoms with Crippen molar-refractivity contribution in [2.75, 3.05) is 13.2 Å². The maximum Gasteiger partial charge on any atom is 0.222 e. The Morgan fingerprint density at radius 2 is 1.93 bits per heavy atom. The number of hydrogen-bond acceptors (Lipinski definition) is 4. The van der Waals surface area contributed by atoms with Crippen LogP contribution in [0.15, 0.2) is 48.8 Å². The molecular weight excluding hydrogens is 354 g/mol. The second-order valence-electron chi connectivity index (χ2n) is 7.37. The number of amides is 1. The molecule has 2 heterocycles. The zero-order valence-corrected chi connectivity index (χ0v) is 16.2. The molecule has 4 rings (SSSR count). The Labute approximate surface area is 164 Å². The number of nitrogens with zero attached hydrogens (tertiary/aromatic N) is 2. The molecule has 3 aromatic rings. The summed E-state index contributed by atoms with van der Waals surface area (Å²) in [5.41, 5.74) is 3.02. The molecule has 1 unspecified atom stereocenters.